The standard InChI is InChI=1S/C14H23N3O2S/c1-11(2)15-10-13-8-12(3)16-14(9-13)17-4-6-20(18,19)7-5-17/h8-9,11,15H,4-7,10H2,1-3H3. The summed E-state index contributed by atoms with van der Waals surface area (Å²) in [6, 6.07) is 4.56. The van der Waals surface area contributed by atoms with Crippen molar-refractivity contribution in [1.29, 1.82) is 0 Å². The smallest absolute Gasteiger partial charge is 0.153 e. The number of pyridine rings is 1. The number of aromatic nitrogens is 1. The summed E-state index contributed by atoms with van der Waals surface area (Å²) in [6.07, 6.45) is 0. The molecule has 0 radical (unpaired) electrons. The molecule has 1 aliphatic heterocycles. The van der Waals surface area contributed by atoms with Gasteiger partial charge in [0, 0.05) is 31.4 Å². The first-order chi connectivity index (χ1) is 9.35. The molecule has 0 amide bonds. The lowest BCUT2D eigenvalue weighted by molar-refractivity contribution is 0.584. The summed E-state index contributed by atoms with van der Waals surface area (Å²) in [5.41, 5.74) is 2.16. The lowest BCUT2D eigenvalue weighted by Gasteiger charge is -2.28. The normalized spacial score (nSPS) is 18.5. The molecule has 2 rings (SSSR count). The first-order valence-electron chi connectivity index (χ1n) is 7.02. The van der Waals surface area contributed by atoms with E-state index >= 15 is 0 Å². The molecule has 1 aliphatic rings. The fraction of sp³-hybridized carbons (Fsp3) is 0.643. The van der Waals surface area contributed by atoms with Gasteiger partial charge in [0.25, 0.3) is 0 Å². The van der Waals surface area contributed by atoms with E-state index in [0.29, 0.717) is 19.1 Å². The highest BCUT2D eigenvalue weighted by Gasteiger charge is 2.22. The van der Waals surface area contributed by atoms with Gasteiger partial charge in [-0.1, -0.05) is 13.8 Å². The molecule has 1 aromatic heterocycles. The van der Waals surface area contributed by atoms with Crippen LogP contribution in [0, 0.1) is 6.92 Å². The minimum atomic E-state index is -2.85. The Bertz CT molecular complexity index is 556. The lowest BCUT2D eigenvalue weighted by Crippen LogP contribution is -2.40. The van der Waals surface area contributed by atoms with Crippen LogP contribution in [0.2, 0.25) is 0 Å². The summed E-state index contributed by atoms with van der Waals surface area (Å²) >= 11 is 0. The molecule has 0 spiro atoms. The van der Waals surface area contributed by atoms with Crippen LogP contribution in [0.1, 0.15) is 25.1 Å². The molecule has 1 fully saturated rings. The van der Waals surface area contributed by atoms with Gasteiger partial charge in [0.2, 0.25) is 0 Å². The predicted octanol–water partition coefficient (Wildman–Crippen LogP) is 1.12. The number of sulfone groups is 1. The molecule has 1 aromatic rings. The van der Waals surface area contributed by atoms with Crippen LogP contribution in [-0.4, -0.2) is 44.0 Å². The van der Waals surface area contributed by atoms with E-state index in [4.69, 9.17) is 0 Å². The fourth-order valence-electron chi connectivity index (χ4n) is 2.25. The Morgan fingerprint density at radius 3 is 2.55 bits per heavy atom. The maximum Gasteiger partial charge on any atom is 0.153 e. The zero-order valence-corrected chi connectivity index (χ0v) is 13.2. The van der Waals surface area contributed by atoms with Crippen LogP contribution >= 0.6 is 0 Å². The lowest BCUT2D eigenvalue weighted by atomic mass is 10.2. The number of hydrogen-bond acceptors (Lipinski definition) is 5. The van der Waals surface area contributed by atoms with Crippen molar-refractivity contribution in [1.82, 2.24) is 10.3 Å². The fourth-order valence-corrected chi connectivity index (χ4v) is 3.45. The number of rotatable bonds is 4. The highest BCUT2D eigenvalue weighted by molar-refractivity contribution is 7.91. The monoisotopic (exact) mass is 297 g/mol. The second-order valence-corrected chi connectivity index (χ2v) is 7.95. The van der Waals surface area contributed by atoms with Crippen LogP contribution in [0.15, 0.2) is 12.1 Å². The van der Waals surface area contributed by atoms with Crippen LogP contribution in [0.25, 0.3) is 0 Å². The van der Waals surface area contributed by atoms with Crippen molar-refractivity contribution in [2.45, 2.75) is 33.4 Å². The average Bonchev–Trinajstić information content (AvgIpc) is 2.35. The van der Waals surface area contributed by atoms with Crippen LogP contribution in [0.5, 0.6) is 0 Å². The molecular formula is C14H23N3O2S. The van der Waals surface area contributed by atoms with Gasteiger partial charge in [-0.3, -0.25) is 0 Å². The van der Waals surface area contributed by atoms with Crippen LogP contribution < -0.4 is 10.2 Å². The Hall–Kier alpha value is -1.14. The van der Waals surface area contributed by atoms with E-state index in [2.05, 4.69) is 41.2 Å². The van der Waals surface area contributed by atoms with E-state index in [1.807, 2.05) is 6.92 Å². The van der Waals surface area contributed by atoms with Crippen LogP contribution in [0.3, 0.4) is 0 Å². The summed E-state index contributed by atoms with van der Waals surface area (Å²) in [5, 5.41) is 3.39. The Labute approximate surface area is 121 Å². The third-order valence-electron chi connectivity index (χ3n) is 3.38. The second-order valence-electron chi connectivity index (χ2n) is 5.65. The Morgan fingerprint density at radius 1 is 1.30 bits per heavy atom. The van der Waals surface area contributed by atoms with Crippen molar-refractivity contribution in [3.63, 3.8) is 0 Å². The van der Waals surface area contributed by atoms with Crippen molar-refractivity contribution >= 4 is 15.7 Å². The van der Waals surface area contributed by atoms with Crippen molar-refractivity contribution in [3.05, 3.63) is 23.4 Å². The SMILES string of the molecule is Cc1cc(CNC(C)C)cc(N2CCS(=O)(=O)CC2)n1. The minimum Gasteiger partial charge on any atom is -0.355 e. The molecule has 20 heavy (non-hydrogen) atoms. The Kier molecular flexibility index (Phi) is 4.65. The quantitative estimate of drug-likeness (QED) is 0.902. The number of hydrogen-bond donors (Lipinski definition) is 1. The predicted molar refractivity (Wildman–Crippen MR) is 81.8 cm³/mol. The molecule has 0 aliphatic carbocycles. The molecule has 0 saturated carbocycles. The van der Waals surface area contributed by atoms with E-state index in [1.165, 1.54) is 5.56 Å². The van der Waals surface area contributed by atoms with Gasteiger partial charge in [-0.2, -0.15) is 0 Å². The Balaban J connectivity index is 2.12. The summed E-state index contributed by atoms with van der Waals surface area (Å²) in [5.74, 6) is 1.34. The highest BCUT2D eigenvalue weighted by Crippen LogP contribution is 2.17. The molecule has 1 saturated heterocycles. The van der Waals surface area contributed by atoms with Gasteiger partial charge in [0.15, 0.2) is 9.84 Å². The number of anilines is 1. The molecule has 0 unspecified atom stereocenters. The molecule has 1 N–H and O–H groups in total. The summed E-state index contributed by atoms with van der Waals surface area (Å²) in [6.45, 7) is 8.09. The van der Waals surface area contributed by atoms with Gasteiger partial charge in [0.1, 0.15) is 5.82 Å². The van der Waals surface area contributed by atoms with Gasteiger partial charge < -0.3 is 10.2 Å². The van der Waals surface area contributed by atoms with Crippen LogP contribution in [0.4, 0.5) is 5.82 Å². The van der Waals surface area contributed by atoms with E-state index < -0.39 is 9.84 Å². The maximum atomic E-state index is 11.5. The van der Waals surface area contributed by atoms with E-state index in [-0.39, 0.29) is 11.5 Å². The van der Waals surface area contributed by atoms with Gasteiger partial charge in [-0.15, -0.1) is 0 Å². The van der Waals surface area contributed by atoms with Crippen molar-refractivity contribution in [2.75, 3.05) is 29.5 Å². The first kappa shape index (κ1) is 15.3. The van der Waals surface area contributed by atoms with Crippen molar-refractivity contribution in [3.8, 4) is 0 Å². The molecule has 6 heteroatoms. The highest BCUT2D eigenvalue weighted by atomic mass is 32.2. The molecular weight excluding hydrogens is 274 g/mol. The average molecular weight is 297 g/mol. The zero-order chi connectivity index (χ0) is 14.8. The summed E-state index contributed by atoms with van der Waals surface area (Å²) < 4.78 is 23.0. The molecule has 0 atom stereocenters. The maximum absolute atomic E-state index is 11.5. The van der Waals surface area contributed by atoms with Gasteiger partial charge in [-0.05, 0) is 24.6 Å². The first-order valence-corrected chi connectivity index (χ1v) is 8.84. The molecule has 112 valence electrons. The van der Waals surface area contributed by atoms with Gasteiger partial charge >= 0.3 is 0 Å². The Morgan fingerprint density at radius 2 is 1.95 bits per heavy atom. The summed E-state index contributed by atoms with van der Waals surface area (Å²) in [7, 11) is -2.85. The molecule has 2 heterocycles. The molecule has 0 bridgehead atoms. The molecule has 0 aromatic carbocycles. The van der Waals surface area contributed by atoms with E-state index in [0.717, 1.165) is 18.1 Å². The summed E-state index contributed by atoms with van der Waals surface area (Å²) in [4.78, 5) is 6.60. The van der Waals surface area contributed by atoms with Gasteiger partial charge in [0.05, 0.1) is 11.5 Å². The van der Waals surface area contributed by atoms with E-state index in [1.54, 1.807) is 0 Å². The molecule has 5 nitrogen and oxygen atoms in total. The third kappa shape index (κ3) is 4.18. The number of nitrogens with one attached hydrogen (secondary N) is 1. The number of nitrogens with zero attached hydrogens (tertiary/aromatic N) is 2. The van der Waals surface area contributed by atoms with Gasteiger partial charge in [-0.25, -0.2) is 13.4 Å². The van der Waals surface area contributed by atoms with Crippen molar-refractivity contribution < 1.29 is 8.42 Å². The third-order valence-corrected chi connectivity index (χ3v) is 4.99. The zero-order valence-electron chi connectivity index (χ0n) is 12.4. The number of aryl methyl sites for hydroxylation is 1. The topological polar surface area (TPSA) is 62.3 Å². The van der Waals surface area contributed by atoms with E-state index in [9.17, 15) is 8.42 Å². The van der Waals surface area contributed by atoms with Crippen molar-refractivity contribution in [2.24, 2.45) is 0 Å². The minimum absolute atomic E-state index is 0.224. The van der Waals surface area contributed by atoms with Crippen LogP contribution in [-0.2, 0) is 16.4 Å². The largest absolute Gasteiger partial charge is 0.355 e. The second kappa shape index (κ2) is 6.10.